The molecule has 9 heteroatoms. The fourth-order valence-electron chi connectivity index (χ4n) is 3.23. The monoisotopic (exact) mass is 537 g/mol. The fraction of sp³-hybridized carbons (Fsp3) is 1.00. The molecule has 37 heavy (non-hydrogen) atoms. The van der Waals surface area contributed by atoms with Gasteiger partial charge in [0.1, 0.15) is 0 Å². The van der Waals surface area contributed by atoms with Crippen LogP contribution in [0.25, 0.3) is 0 Å². The van der Waals surface area contributed by atoms with Gasteiger partial charge in [0.2, 0.25) is 0 Å². The lowest BCUT2D eigenvalue weighted by Crippen LogP contribution is -2.19. The van der Waals surface area contributed by atoms with Gasteiger partial charge in [-0.2, -0.15) is 0 Å². The summed E-state index contributed by atoms with van der Waals surface area (Å²) in [6.07, 6.45) is 10.6. The van der Waals surface area contributed by atoms with Gasteiger partial charge < -0.3 is 42.8 Å². The highest BCUT2D eigenvalue weighted by Gasteiger charge is 1.96. The van der Waals surface area contributed by atoms with E-state index in [0.717, 1.165) is 26.2 Å². The van der Waals surface area contributed by atoms with E-state index < -0.39 is 0 Å². The Morgan fingerprint density at radius 1 is 0.324 bits per heavy atom. The Hall–Kier alpha value is -0.360. The van der Waals surface area contributed by atoms with Gasteiger partial charge in [0.25, 0.3) is 0 Å². The highest BCUT2D eigenvalue weighted by molar-refractivity contribution is 4.46. The van der Waals surface area contributed by atoms with E-state index in [1.54, 1.807) is 0 Å². The van der Waals surface area contributed by atoms with Gasteiger partial charge in [0.15, 0.2) is 0 Å². The van der Waals surface area contributed by atoms with Crippen molar-refractivity contribution in [2.45, 2.75) is 58.3 Å². The van der Waals surface area contributed by atoms with Crippen molar-refractivity contribution in [3.8, 4) is 0 Å². The minimum absolute atomic E-state index is 0.548. The molecule has 0 aromatic heterocycles. The maximum absolute atomic E-state index is 5.61. The molecule has 0 saturated heterocycles. The molecule has 0 saturated carbocycles. The van der Waals surface area contributed by atoms with E-state index in [4.69, 9.17) is 37.9 Å². The van der Waals surface area contributed by atoms with E-state index >= 15 is 0 Å². The Bertz CT molecular complexity index is 404. The van der Waals surface area contributed by atoms with Crippen LogP contribution in [-0.2, 0) is 37.9 Å². The molecule has 0 aromatic rings. The number of nitrogens with zero attached hydrogens (tertiary/aromatic N) is 1. The number of unbranched alkanes of at least 4 members (excludes halogenated alkanes) is 7. The molecule has 0 bridgehead atoms. The minimum Gasteiger partial charge on any atom is -0.379 e. The molecule has 0 aliphatic heterocycles. The topological polar surface area (TPSA) is 77.1 Å². The normalized spacial score (nSPS) is 11.7. The molecule has 224 valence electrons. The van der Waals surface area contributed by atoms with Gasteiger partial charge in [-0.15, -0.1) is 0 Å². The van der Waals surface area contributed by atoms with Crippen molar-refractivity contribution in [2.75, 3.05) is 126 Å². The van der Waals surface area contributed by atoms with Crippen molar-refractivity contribution in [1.29, 1.82) is 0 Å². The molecule has 0 atom stereocenters. The van der Waals surface area contributed by atoms with E-state index in [-0.39, 0.29) is 0 Å². The van der Waals surface area contributed by atoms with Crippen molar-refractivity contribution < 1.29 is 37.9 Å². The summed E-state index contributed by atoms with van der Waals surface area (Å²) in [7, 11) is 4.05. The van der Waals surface area contributed by atoms with Gasteiger partial charge in [0.05, 0.1) is 99.1 Å². The average Bonchev–Trinajstić information content (AvgIpc) is 2.89. The molecule has 0 unspecified atom stereocenters. The molecule has 0 radical (unpaired) electrons. The van der Waals surface area contributed by atoms with Crippen LogP contribution in [-0.4, -0.2) is 131 Å². The lowest BCUT2D eigenvalue weighted by molar-refractivity contribution is -0.0233. The van der Waals surface area contributed by atoms with Crippen LogP contribution in [0, 0.1) is 0 Å². The third kappa shape index (κ3) is 35.6. The Labute approximate surface area is 227 Å². The van der Waals surface area contributed by atoms with Crippen molar-refractivity contribution >= 4 is 0 Å². The zero-order valence-corrected chi connectivity index (χ0v) is 24.4. The minimum atomic E-state index is 0.548. The number of hydrogen-bond acceptors (Lipinski definition) is 9. The highest BCUT2D eigenvalue weighted by Crippen LogP contribution is 2.08. The van der Waals surface area contributed by atoms with E-state index in [1.807, 2.05) is 14.1 Å². The van der Waals surface area contributed by atoms with Crippen molar-refractivity contribution in [3.63, 3.8) is 0 Å². The summed E-state index contributed by atoms with van der Waals surface area (Å²) in [5, 5.41) is 0. The van der Waals surface area contributed by atoms with Crippen molar-refractivity contribution in [3.05, 3.63) is 0 Å². The molecule has 0 aliphatic carbocycles. The van der Waals surface area contributed by atoms with Crippen LogP contribution in [0.2, 0.25) is 0 Å². The molecule has 0 aliphatic rings. The van der Waals surface area contributed by atoms with Gasteiger partial charge in [-0.25, -0.2) is 0 Å². The molecule has 0 amide bonds. The first kappa shape index (κ1) is 36.6. The van der Waals surface area contributed by atoms with Crippen molar-refractivity contribution in [1.82, 2.24) is 4.90 Å². The molecular weight excluding hydrogens is 478 g/mol. The third-order valence-electron chi connectivity index (χ3n) is 5.43. The van der Waals surface area contributed by atoms with Crippen LogP contribution in [0.15, 0.2) is 0 Å². The Kier molecular flexibility index (Phi) is 33.3. The fourth-order valence-corrected chi connectivity index (χ4v) is 3.23. The summed E-state index contributed by atoms with van der Waals surface area (Å²) in [6, 6.07) is 0. The summed E-state index contributed by atoms with van der Waals surface area (Å²) in [4.78, 5) is 2.09. The van der Waals surface area contributed by atoms with Crippen LogP contribution in [0.3, 0.4) is 0 Å². The Morgan fingerprint density at radius 2 is 0.595 bits per heavy atom. The lowest BCUT2D eigenvalue weighted by atomic mass is 10.1. The second kappa shape index (κ2) is 33.7. The van der Waals surface area contributed by atoms with Crippen molar-refractivity contribution in [2.24, 2.45) is 0 Å². The molecule has 0 fully saturated rings. The number of ether oxygens (including phenoxy) is 8. The Balaban J connectivity index is 3.01. The van der Waals surface area contributed by atoms with Gasteiger partial charge in [0, 0.05) is 13.2 Å². The smallest absolute Gasteiger partial charge is 0.0701 e. The predicted molar refractivity (Wildman–Crippen MR) is 148 cm³/mol. The summed E-state index contributed by atoms with van der Waals surface area (Å²) in [6.45, 7) is 12.8. The number of likely N-dealkylation sites (N-methyl/N-ethyl adjacent to an activating group) is 1. The standard InChI is InChI=1S/C28H59NO8/c1-4-5-6-7-8-9-10-11-13-30-15-17-32-19-21-34-23-25-36-27-28-37-26-24-35-22-20-33-18-16-31-14-12-29(2)3/h4-28H2,1-3H3. The molecule has 0 N–H and O–H groups in total. The van der Waals surface area contributed by atoms with Crippen LogP contribution in [0.1, 0.15) is 58.3 Å². The van der Waals surface area contributed by atoms with Crippen LogP contribution in [0.5, 0.6) is 0 Å². The zero-order valence-electron chi connectivity index (χ0n) is 24.4. The first-order chi connectivity index (χ1) is 18.3. The van der Waals surface area contributed by atoms with Crippen LogP contribution < -0.4 is 0 Å². The lowest BCUT2D eigenvalue weighted by Gasteiger charge is -2.10. The number of hydrogen-bond donors (Lipinski definition) is 0. The van der Waals surface area contributed by atoms with E-state index in [9.17, 15) is 0 Å². The van der Waals surface area contributed by atoms with Gasteiger partial charge in [-0.05, 0) is 20.5 Å². The Morgan fingerprint density at radius 3 is 0.919 bits per heavy atom. The second-order valence-electron chi connectivity index (χ2n) is 9.18. The third-order valence-corrected chi connectivity index (χ3v) is 5.43. The summed E-state index contributed by atoms with van der Waals surface area (Å²) in [5.74, 6) is 0. The zero-order chi connectivity index (χ0) is 26.9. The quantitative estimate of drug-likeness (QED) is 0.116. The maximum atomic E-state index is 5.61. The maximum Gasteiger partial charge on any atom is 0.0701 e. The molecular formula is C28H59NO8. The molecule has 0 spiro atoms. The molecule has 0 heterocycles. The largest absolute Gasteiger partial charge is 0.379 e. The average molecular weight is 538 g/mol. The van der Waals surface area contributed by atoms with Crippen LogP contribution >= 0.6 is 0 Å². The second-order valence-corrected chi connectivity index (χ2v) is 9.18. The summed E-state index contributed by atoms with van der Waals surface area (Å²) < 4.78 is 43.9. The predicted octanol–water partition coefficient (Wildman–Crippen LogP) is 3.82. The molecule has 0 rings (SSSR count). The first-order valence-corrected chi connectivity index (χ1v) is 14.5. The molecule has 0 aromatic carbocycles. The summed E-state index contributed by atoms with van der Waals surface area (Å²) >= 11 is 0. The first-order valence-electron chi connectivity index (χ1n) is 14.5. The van der Waals surface area contributed by atoms with Gasteiger partial charge >= 0.3 is 0 Å². The van der Waals surface area contributed by atoms with E-state index in [2.05, 4.69) is 11.8 Å². The number of rotatable bonds is 33. The van der Waals surface area contributed by atoms with Gasteiger partial charge in [-0.1, -0.05) is 51.9 Å². The highest BCUT2D eigenvalue weighted by atomic mass is 16.6. The van der Waals surface area contributed by atoms with E-state index in [1.165, 1.54) is 44.9 Å². The SMILES string of the molecule is CCCCCCCCCCOCCOCCOCCOCCOCCOCCOCCOCCN(C)C. The molecule has 9 nitrogen and oxygen atoms in total. The van der Waals surface area contributed by atoms with Gasteiger partial charge in [-0.3, -0.25) is 0 Å². The van der Waals surface area contributed by atoms with E-state index in [0.29, 0.717) is 92.5 Å². The van der Waals surface area contributed by atoms with Crippen LogP contribution in [0.4, 0.5) is 0 Å². The summed E-state index contributed by atoms with van der Waals surface area (Å²) in [5.41, 5.74) is 0.